The van der Waals surface area contributed by atoms with E-state index in [9.17, 15) is 4.21 Å². The highest BCUT2D eigenvalue weighted by Crippen LogP contribution is 2.02. The van der Waals surface area contributed by atoms with E-state index in [1.807, 2.05) is 13.8 Å². The minimum absolute atomic E-state index is 0.182. The summed E-state index contributed by atoms with van der Waals surface area (Å²) in [5, 5.41) is 0. The fourth-order valence-electron chi connectivity index (χ4n) is 0.240. The van der Waals surface area contributed by atoms with Crippen LogP contribution >= 0.6 is 10.8 Å². The van der Waals surface area contributed by atoms with E-state index in [0.29, 0.717) is 5.94 Å². The maximum Gasteiger partial charge on any atom is 0.132 e. The molecule has 0 spiro atoms. The Hall–Kier alpha value is 0.460. The minimum Gasteiger partial charge on any atom is -0.365 e. The van der Waals surface area contributed by atoms with Gasteiger partial charge in [0.2, 0.25) is 0 Å². The maximum atomic E-state index is 10.7. The molecule has 0 N–H and O–H groups in total. The third-order valence-corrected chi connectivity index (χ3v) is 2.79. The molecule has 0 saturated heterocycles. The monoisotopic (exact) mass is 168 g/mol. The summed E-state index contributed by atoms with van der Waals surface area (Å²) in [6.07, 6.45) is 1.99. The van der Waals surface area contributed by atoms with Gasteiger partial charge in [-0.25, -0.2) is 4.21 Å². The van der Waals surface area contributed by atoms with Crippen LogP contribution in [0.25, 0.3) is 0 Å². The van der Waals surface area contributed by atoms with Crippen molar-refractivity contribution in [2.45, 2.75) is 20.0 Å². The van der Waals surface area contributed by atoms with Crippen molar-refractivity contribution < 1.29 is 8.95 Å². The van der Waals surface area contributed by atoms with Crippen molar-refractivity contribution in [3.8, 4) is 0 Å². The predicted molar refractivity (Wildman–Crippen MR) is 42.7 cm³/mol. The molecule has 0 amide bonds. The van der Waals surface area contributed by atoms with Crippen molar-refractivity contribution in [3.63, 3.8) is 0 Å². The molecule has 0 aliphatic rings. The Morgan fingerprint density at radius 2 is 2.22 bits per heavy atom. The first kappa shape index (κ1) is 9.46. The highest BCUT2D eigenvalue weighted by Gasteiger charge is 1.97. The van der Waals surface area contributed by atoms with Crippen molar-refractivity contribution in [2.24, 2.45) is 0 Å². The fourth-order valence-corrected chi connectivity index (χ4v) is 1.17. The smallest absolute Gasteiger partial charge is 0.132 e. The van der Waals surface area contributed by atoms with Gasteiger partial charge in [0.05, 0.1) is 6.10 Å². The van der Waals surface area contributed by atoms with Crippen LogP contribution in [0, 0.1) is 0 Å². The zero-order valence-corrected chi connectivity index (χ0v) is 7.55. The highest BCUT2D eigenvalue weighted by molar-refractivity contribution is 8.68. The zero-order valence-electron chi connectivity index (χ0n) is 5.92. The van der Waals surface area contributed by atoms with E-state index in [1.54, 1.807) is 6.26 Å². The summed E-state index contributed by atoms with van der Waals surface area (Å²) in [7, 11) is 0.461. The second-order valence-electron chi connectivity index (χ2n) is 1.80. The van der Waals surface area contributed by atoms with Crippen molar-refractivity contribution >= 4 is 20.6 Å². The third kappa shape index (κ3) is 6.34. The van der Waals surface area contributed by atoms with Crippen LogP contribution in [0.3, 0.4) is 0 Å². The molecule has 0 saturated carbocycles. The second kappa shape index (κ2) is 5.26. The molecule has 56 valence electrons. The van der Waals surface area contributed by atoms with Crippen molar-refractivity contribution in [3.05, 3.63) is 0 Å². The van der Waals surface area contributed by atoms with Crippen LogP contribution in [0.5, 0.6) is 0 Å². The van der Waals surface area contributed by atoms with Crippen LogP contribution < -0.4 is 0 Å². The van der Waals surface area contributed by atoms with Crippen LogP contribution in [-0.4, -0.2) is 22.5 Å². The largest absolute Gasteiger partial charge is 0.365 e. The summed E-state index contributed by atoms with van der Waals surface area (Å²) >= 11 is 0. The van der Waals surface area contributed by atoms with Crippen LogP contribution in [0.1, 0.15) is 13.8 Å². The van der Waals surface area contributed by atoms with Gasteiger partial charge in [-0.05, 0) is 20.1 Å². The third-order valence-electron chi connectivity index (χ3n) is 0.683. The molecule has 0 aromatic carbocycles. The summed E-state index contributed by atoms with van der Waals surface area (Å²) in [5.74, 6) is 0.346. The van der Waals surface area contributed by atoms with E-state index in [2.05, 4.69) is 0 Å². The lowest BCUT2D eigenvalue weighted by Crippen LogP contribution is -2.05. The average Bonchev–Trinajstić information content (AvgIpc) is 1.83. The Morgan fingerprint density at radius 1 is 1.67 bits per heavy atom. The predicted octanol–water partition coefficient (Wildman–Crippen LogP) is 1.40. The molecular formula is C5H12O2S2. The maximum absolute atomic E-state index is 10.7. The molecule has 0 aromatic heterocycles. The van der Waals surface area contributed by atoms with Crippen molar-refractivity contribution in [1.82, 2.24) is 0 Å². The number of rotatable bonds is 4. The molecule has 0 bridgehead atoms. The Kier molecular flexibility index (Phi) is 5.53. The van der Waals surface area contributed by atoms with E-state index in [0.717, 1.165) is 0 Å². The highest BCUT2D eigenvalue weighted by atomic mass is 33.1. The molecule has 4 heteroatoms. The van der Waals surface area contributed by atoms with Gasteiger partial charge < -0.3 is 4.74 Å². The van der Waals surface area contributed by atoms with Crippen LogP contribution in [0.4, 0.5) is 0 Å². The number of ether oxygens (including phenoxy) is 1. The molecule has 0 aliphatic carbocycles. The molecule has 1 unspecified atom stereocenters. The van der Waals surface area contributed by atoms with Gasteiger partial charge in [0.1, 0.15) is 15.8 Å². The fraction of sp³-hybridized carbons (Fsp3) is 1.00. The normalized spacial score (nSPS) is 14.2. The van der Waals surface area contributed by atoms with Crippen LogP contribution in [0.2, 0.25) is 0 Å². The minimum atomic E-state index is -0.853. The van der Waals surface area contributed by atoms with Gasteiger partial charge in [0, 0.05) is 0 Å². The Bertz CT molecular complexity index is 93.0. The summed E-state index contributed by atoms with van der Waals surface area (Å²) in [6.45, 7) is 3.86. The summed E-state index contributed by atoms with van der Waals surface area (Å²) in [6, 6.07) is 0. The Morgan fingerprint density at radius 3 is 2.56 bits per heavy atom. The lowest BCUT2D eigenvalue weighted by molar-refractivity contribution is 0.119. The molecule has 0 rings (SSSR count). The number of hydrogen-bond donors (Lipinski definition) is 0. The molecule has 0 aliphatic heterocycles. The van der Waals surface area contributed by atoms with E-state index >= 15 is 0 Å². The quantitative estimate of drug-likeness (QED) is 0.593. The van der Waals surface area contributed by atoms with Gasteiger partial charge in [-0.15, -0.1) is 0 Å². The SMILES string of the molecule is CSS(=O)COC(C)C. The van der Waals surface area contributed by atoms with Gasteiger partial charge in [-0.3, -0.25) is 0 Å². The topological polar surface area (TPSA) is 26.3 Å². The molecule has 9 heavy (non-hydrogen) atoms. The summed E-state index contributed by atoms with van der Waals surface area (Å²) in [5.41, 5.74) is 0. The van der Waals surface area contributed by atoms with Crippen molar-refractivity contribution in [2.75, 3.05) is 12.2 Å². The summed E-state index contributed by atoms with van der Waals surface area (Å²) < 4.78 is 15.7. The van der Waals surface area contributed by atoms with Gasteiger partial charge in [-0.2, -0.15) is 0 Å². The van der Waals surface area contributed by atoms with Crippen molar-refractivity contribution in [1.29, 1.82) is 0 Å². The Balaban J connectivity index is 3.17. The average molecular weight is 168 g/mol. The molecule has 0 fully saturated rings. The molecule has 0 heterocycles. The van der Waals surface area contributed by atoms with E-state index in [4.69, 9.17) is 4.74 Å². The molecular weight excluding hydrogens is 156 g/mol. The van der Waals surface area contributed by atoms with E-state index < -0.39 is 9.83 Å². The van der Waals surface area contributed by atoms with E-state index in [-0.39, 0.29) is 6.10 Å². The van der Waals surface area contributed by atoms with Gasteiger partial charge >= 0.3 is 0 Å². The van der Waals surface area contributed by atoms with Gasteiger partial charge in [-0.1, -0.05) is 10.8 Å². The summed E-state index contributed by atoms with van der Waals surface area (Å²) in [4.78, 5) is 0. The first-order valence-corrected chi connectivity index (χ1v) is 5.77. The van der Waals surface area contributed by atoms with Gasteiger partial charge in [0.15, 0.2) is 0 Å². The number of hydrogen-bond acceptors (Lipinski definition) is 3. The molecule has 0 aromatic rings. The Labute approximate surface area is 62.2 Å². The molecule has 2 nitrogen and oxygen atoms in total. The standard InChI is InChI=1S/C5H12O2S2/c1-5(2)7-4-9(6)8-3/h5H,4H2,1-3H3. The molecule has 1 atom stereocenters. The lowest BCUT2D eigenvalue weighted by atomic mass is 10.5. The van der Waals surface area contributed by atoms with Gasteiger partial charge in [0.25, 0.3) is 0 Å². The first-order chi connectivity index (χ1) is 4.16. The van der Waals surface area contributed by atoms with Crippen LogP contribution in [-0.2, 0) is 14.6 Å². The lowest BCUT2D eigenvalue weighted by Gasteiger charge is -2.04. The second-order valence-corrected chi connectivity index (χ2v) is 5.10. The van der Waals surface area contributed by atoms with E-state index in [1.165, 1.54) is 10.8 Å². The molecule has 0 radical (unpaired) electrons. The van der Waals surface area contributed by atoms with Crippen LogP contribution in [0.15, 0.2) is 0 Å². The zero-order chi connectivity index (χ0) is 7.28. The first-order valence-electron chi connectivity index (χ1n) is 2.71.